The highest BCUT2D eigenvalue weighted by molar-refractivity contribution is 5.82. The van der Waals surface area contributed by atoms with Crippen molar-refractivity contribution in [1.82, 2.24) is 19.7 Å². The molecule has 0 saturated heterocycles. The van der Waals surface area contributed by atoms with Crippen molar-refractivity contribution in [3.63, 3.8) is 0 Å². The lowest BCUT2D eigenvalue weighted by Gasteiger charge is -2.00. The number of pyridine rings is 2. The molecule has 0 aliphatic heterocycles. The Labute approximate surface area is 168 Å². The van der Waals surface area contributed by atoms with Gasteiger partial charge in [-0.1, -0.05) is 42.5 Å². The fourth-order valence-corrected chi connectivity index (χ4v) is 3.31. The first kappa shape index (κ1) is 17.1. The van der Waals surface area contributed by atoms with Crippen molar-refractivity contribution >= 4 is 23.1 Å². The molecule has 4 heteroatoms. The summed E-state index contributed by atoms with van der Waals surface area (Å²) in [6, 6.07) is 26.3. The van der Waals surface area contributed by atoms with E-state index in [9.17, 15) is 0 Å². The Balaban J connectivity index is 1.57. The highest BCUT2D eigenvalue weighted by Crippen LogP contribution is 2.25. The highest BCUT2D eigenvalue weighted by Gasteiger charge is 2.10. The Hall–Kier alpha value is -4.05. The summed E-state index contributed by atoms with van der Waals surface area (Å²) in [4.78, 5) is 8.86. The van der Waals surface area contributed by atoms with Crippen LogP contribution in [0.15, 0.2) is 97.5 Å². The average molecular weight is 374 g/mol. The van der Waals surface area contributed by atoms with Gasteiger partial charge in [0.2, 0.25) is 0 Å². The second-order valence-electron chi connectivity index (χ2n) is 6.71. The van der Waals surface area contributed by atoms with E-state index < -0.39 is 0 Å². The van der Waals surface area contributed by atoms with Gasteiger partial charge in [-0.2, -0.15) is 5.10 Å². The summed E-state index contributed by atoms with van der Waals surface area (Å²) in [5.41, 5.74) is 5.89. The molecule has 0 N–H and O–H groups in total. The Kier molecular flexibility index (Phi) is 4.43. The molecule has 5 rings (SSSR count). The fourth-order valence-electron chi connectivity index (χ4n) is 3.31. The van der Waals surface area contributed by atoms with Crippen molar-refractivity contribution in [2.45, 2.75) is 0 Å². The number of para-hydroxylation sites is 2. The molecule has 0 unspecified atom stereocenters. The quantitative estimate of drug-likeness (QED) is 0.408. The molecule has 3 aromatic heterocycles. The maximum Gasteiger partial charge on any atom is 0.100 e. The van der Waals surface area contributed by atoms with E-state index in [2.05, 4.69) is 23.2 Å². The van der Waals surface area contributed by atoms with Gasteiger partial charge in [0.1, 0.15) is 5.69 Å². The Morgan fingerprint density at radius 3 is 2.38 bits per heavy atom. The predicted molar refractivity (Wildman–Crippen MR) is 117 cm³/mol. The molecule has 138 valence electrons. The zero-order valence-corrected chi connectivity index (χ0v) is 15.7. The summed E-state index contributed by atoms with van der Waals surface area (Å²) in [6.45, 7) is 0. The van der Waals surface area contributed by atoms with E-state index in [-0.39, 0.29) is 0 Å². The van der Waals surface area contributed by atoms with E-state index in [4.69, 9.17) is 10.1 Å². The van der Waals surface area contributed by atoms with Crippen LogP contribution in [0.1, 0.15) is 11.3 Å². The van der Waals surface area contributed by atoms with Gasteiger partial charge in [0.25, 0.3) is 0 Å². The van der Waals surface area contributed by atoms with Crippen LogP contribution in [0.5, 0.6) is 0 Å². The van der Waals surface area contributed by atoms with E-state index in [0.29, 0.717) is 0 Å². The average Bonchev–Trinajstić information content (AvgIpc) is 3.23. The molecule has 0 aliphatic rings. The zero-order valence-electron chi connectivity index (χ0n) is 15.7. The van der Waals surface area contributed by atoms with Crippen LogP contribution in [-0.4, -0.2) is 19.7 Å². The largest absolute Gasteiger partial charge is 0.265 e. The molecule has 4 nitrogen and oxygen atoms in total. The van der Waals surface area contributed by atoms with Gasteiger partial charge in [0, 0.05) is 35.1 Å². The first-order chi connectivity index (χ1) is 14.4. The molecule has 5 aromatic rings. The van der Waals surface area contributed by atoms with Crippen molar-refractivity contribution < 1.29 is 0 Å². The molecular formula is C25H18N4. The maximum atomic E-state index is 4.83. The van der Waals surface area contributed by atoms with Crippen molar-refractivity contribution in [2.75, 3.05) is 0 Å². The lowest BCUT2D eigenvalue weighted by molar-refractivity contribution is 0.884. The number of rotatable bonds is 4. The van der Waals surface area contributed by atoms with Gasteiger partial charge in [-0.15, -0.1) is 0 Å². The molecule has 3 heterocycles. The van der Waals surface area contributed by atoms with Gasteiger partial charge in [-0.05, 0) is 48.6 Å². The standard InChI is InChI=1S/C25H18N4/c1-2-7-23(8-3-1)29-18-21(25(28-29)20-14-16-26-17-15-20)11-13-22-12-10-19-6-4-5-9-24(19)27-22/h1-18H/b13-11+. The molecular weight excluding hydrogens is 356 g/mol. The van der Waals surface area contributed by atoms with E-state index in [1.165, 1.54) is 0 Å². The first-order valence-electron chi connectivity index (χ1n) is 9.46. The fraction of sp³-hybridized carbons (Fsp3) is 0. The van der Waals surface area contributed by atoms with Crippen molar-refractivity contribution in [3.05, 3.63) is 109 Å². The first-order valence-corrected chi connectivity index (χ1v) is 9.46. The van der Waals surface area contributed by atoms with Gasteiger partial charge in [0.15, 0.2) is 0 Å². The van der Waals surface area contributed by atoms with Crippen molar-refractivity contribution in [1.29, 1.82) is 0 Å². The minimum atomic E-state index is 0.910. The number of nitrogens with zero attached hydrogens (tertiary/aromatic N) is 4. The number of hydrogen-bond acceptors (Lipinski definition) is 3. The SMILES string of the molecule is C(=C\c1cn(-c2ccccc2)nc1-c1ccncc1)/c1ccc2ccccc2n1. The Morgan fingerprint density at radius 2 is 1.52 bits per heavy atom. The lowest BCUT2D eigenvalue weighted by Crippen LogP contribution is -1.93. The van der Waals surface area contributed by atoms with Crippen molar-refractivity contribution in [3.8, 4) is 16.9 Å². The molecule has 0 spiro atoms. The van der Waals surface area contributed by atoms with Gasteiger partial charge < -0.3 is 0 Å². The molecule has 0 atom stereocenters. The molecule has 0 bridgehead atoms. The van der Waals surface area contributed by atoms with Crippen LogP contribution in [0.3, 0.4) is 0 Å². The summed E-state index contributed by atoms with van der Waals surface area (Å²) >= 11 is 0. The third kappa shape index (κ3) is 3.56. The predicted octanol–water partition coefficient (Wildman–Crippen LogP) is 5.65. The molecule has 29 heavy (non-hydrogen) atoms. The Morgan fingerprint density at radius 1 is 0.724 bits per heavy atom. The van der Waals surface area contributed by atoms with Crippen LogP contribution >= 0.6 is 0 Å². The van der Waals surface area contributed by atoms with Crippen LogP contribution in [0.25, 0.3) is 40.0 Å². The molecule has 0 fully saturated rings. The lowest BCUT2D eigenvalue weighted by atomic mass is 10.1. The second-order valence-corrected chi connectivity index (χ2v) is 6.71. The van der Waals surface area contributed by atoms with Gasteiger partial charge >= 0.3 is 0 Å². The molecule has 0 aliphatic carbocycles. The third-order valence-electron chi connectivity index (χ3n) is 4.77. The van der Waals surface area contributed by atoms with E-state index in [1.807, 2.05) is 83.7 Å². The van der Waals surface area contributed by atoms with Crippen LogP contribution in [0.2, 0.25) is 0 Å². The summed E-state index contributed by atoms with van der Waals surface area (Å²) in [5.74, 6) is 0. The molecule has 0 saturated carbocycles. The topological polar surface area (TPSA) is 43.6 Å². The van der Waals surface area contributed by atoms with Gasteiger partial charge in [0.05, 0.1) is 16.9 Å². The minimum absolute atomic E-state index is 0.910. The monoisotopic (exact) mass is 374 g/mol. The third-order valence-corrected chi connectivity index (χ3v) is 4.77. The van der Waals surface area contributed by atoms with Gasteiger partial charge in [-0.25, -0.2) is 9.67 Å². The number of benzene rings is 2. The number of hydrogen-bond donors (Lipinski definition) is 0. The smallest absolute Gasteiger partial charge is 0.100 e. The van der Waals surface area contributed by atoms with Crippen LogP contribution in [-0.2, 0) is 0 Å². The van der Waals surface area contributed by atoms with Gasteiger partial charge in [-0.3, -0.25) is 4.98 Å². The zero-order chi connectivity index (χ0) is 19.5. The summed E-state index contributed by atoms with van der Waals surface area (Å²) in [7, 11) is 0. The molecule has 0 amide bonds. The van der Waals surface area contributed by atoms with Crippen LogP contribution in [0, 0.1) is 0 Å². The summed E-state index contributed by atoms with van der Waals surface area (Å²) in [5, 5.41) is 5.97. The van der Waals surface area contributed by atoms with E-state index >= 15 is 0 Å². The van der Waals surface area contributed by atoms with Crippen molar-refractivity contribution in [2.24, 2.45) is 0 Å². The van der Waals surface area contributed by atoms with E-state index in [1.54, 1.807) is 12.4 Å². The molecule has 2 aromatic carbocycles. The Bertz CT molecular complexity index is 1290. The van der Waals surface area contributed by atoms with Crippen LogP contribution < -0.4 is 0 Å². The number of aromatic nitrogens is 4. The maximum absolute atomic E-state index is 4.83. The molecule has 0 radical (unpaired) electrons. The summed E-state index contributed by atoms with van der Waals surface area (Å²) < 4.78 is 1.91. The number of fused-ring (bicyclic) bond motifs is 1. The normalized spacial score (nSPS) is 11.3. The van der Waals surface area contributed by atoms with Crippen LogP contribution in [0.4, 0.5) is 0 Å². The summed E-state index contributed by atoms with van der Waals surface area (Å²) in [6.07, 6.45) is 9.72. The second kappa shape index (κ2) is 7.52. The minimum Gasteiger partial charge on any atom is -0.265 e. The highest BCUT2D eigenvalue weighted by atomic mass is 15.3. The van der Waals surface area contributed by atoms with E-state index in [0.717, 1.165) is 39.1 Å².